The highest BCUT2D eigenvalue weighted by atomic mass is 16.5. The van der Waals surface area contributed by atoms with E-state index in [4.69, 9.17) is 9.47 Å². The fourth-order valence-electron chi connectivity index (χ4n) is 3.14. The molecule has 3 heteroatoms. The highest BCUT2D eigenvalue weighted by Crippen LogP contribution is 2.34. The molecule has 2 fully saturated rings. The van der Waals surface area contributed by atoms with Crippen molar-refractivity contribution in [2.75, 3.05) is 19.7 Å². The van der Waals surface area contributed by atoms with Crippen molar-refractivity contribution in [3.05, 3.63) is 35.9 Å². The van der Waals surface area contributed by atoms with Crippen molar-refractivity contribution in [2.24, 2.45) is 0 Å². The van der Waals surface area contributed by atoms with E-state index in [0.29, 0.717) is 6.10 Å². The van der Waals surface area contributed by atoms with Crippen LogP contribution in [0.1, 0.15) is 31.2 Å². The van der Waals surface area contributed by atoms with Crippen LogP contribution in [-0.4, -0.2) is 31.4 Å². The summed E-state index contributed by atoms with van der Waals surface area (Å²) in [5.41, 5.74) is 1.35. The first-order valence-electron chi connectivity index (χ1n) is 7.37. The Kier molecular flexibility index (Phi) is 4.16. The van der Waals surface area contributed by atoms with Crippen LogP contribution in [-0.2, 0) is 16.1 Å². The molecule has 0 unspecified atom stereocenters. The zero-order valence-electron chi connectivity index (χ0n) is 11.4. The summed E-state index contributed by atoms with van der Waals surface area (Å²) in [6.45, 7) is 3.72. The first kappa shape index (κ1) is 13.1. The molecule has 104 valence electrons. The van der Waals surface area contributed by atoms with Gasteiger partial charge in [-0.3, -0.25) is 0 Å². The average Bonchev–Trinajstić information content (AvgIpc) is 2.47. The minimum absolute atomic E-state index is 0.0881. The van der Waals surface area contributed by atoms with E-state index < -0.39 is 0 Å². The van der Waals surface area contributed by atoms with E-state index in [1.807, 2.05) is 6.07 Å². The van der Waals surface area contributed by atoms with Crippen LogP contribution in [0.4, 0.5) is 0 Å². The molecule has 2 saturated heterocycles. The van der Waals surface area contributed by atoms with Crippen LogP contribution >= 0.6 is 0 Å². The van der Waals surface area contributed by atoms with Gasteiger partial charge in [-0.05, 0) is 37.9 Å². The molecule has 2 heterocycles. The van der Waals surface area contributed by atoms with Gasteiger partial charge in [-0.1, -0.05) is 30.3 Å². The van der Waals surface area contributed by atoms with Crippen molar-refractivity contribution in [1.82, 2.24) is 5.32 Å². The third kappa shape index (κ3) is 3.35. The predicted molar refractivity (Wildman–Crippen MR) is 75.0 cm³/mol. The zero-order chi connectivity index (χ0) is 13.0. The Balaban J connectivity index is 1.53. The Morgan fingerprint density at radius 3 is 2.79 bits per heavy atom. The van der Waals surface area contributed by atoms with Crippen molar-refractivity contribution in [1.29, 1.82) is 0 Å². The molecule has 0 saturated carbocycles. The van der Waals surface area contributed by atoms with Gasteiger partial charge >= 0.3 is 0 Å². The highest BCUT2D eigenvalue weighted by Gasteiger charge is 2.38. The molecular weight excluding hydrogens is 238 g/mol. The van der Waals surface area contributed by atoms with Gasteiger partial charge in [0, 0.05) is 13.0 Å². The van der Waals surface area contributed by atoms with Crippen LogP contribution in [0.15, 0.2) is 30.3 Å². The monoisotopic (exact) mass is 261 g/mol. The van der Waals surface area contributed by atoms with Crippen LogP contribution in [0.3, 0.4) is 0 Å². The van der Waals surface area contributed by atoms with E-state index in [0.717, 1.165) is 52.0 Å². The first-order valence-corrected chi connectivity index (χ1v) is 7.37. The molecule has 1 spiro atoms. The molecule has 0 radical (unpaired) electrons. The van der Waals surface area contributed by atoms with Crippen molar-refractivity contribution >= 4 is 0 Å². The van der Waals surface area contributed by atoms with E-state index in [-0.39, 0.29) is 5.60 Å². The Bertz CT molecular complexity index is 381. The maximum absolute atomic E-state index is 6.10. The lowest BCUT2D eigenvalue weighted by Gasteiger charge is -2.43. The summed E-state index contributed by atoms with van der Waals surface area (Å²) in [6.07, 6.45) is 4.69. The summed E-state index contributed by atoms with van der Waals surface area (Å²) in [4.78, 5) is 0. The van der Waals surface area contributed by atoms with E-state index in [2.05, 4.69) is 29.6 Å². The Morgan fingerprint density at radius 1 is 1.21 bits per heavy atom. The first-order chi connectivity index (χ1) is 9.36. The second-order valence-electron chi connectivity index (χ2n) is 5.69. The molecule has 1 atom stereocenters. The molecule has 2 aliphatic heterocycles. The Labute approximate surface area is 115 Å². The van der Waals surface area contributed by atoms with Crippen molar-refractivity contribution in [2.45, 2.75) is 44.0 Å². The maximum Gasteiger partial charge on any atom is 0.0731 e. The lowest BCUT2D eigenvalue weighted by Crippen LogP contribution is -2.49. The van der Waals surface area contributed by atoms with E-state index >= 15 is 0 Å². The Morgan fingerprint density at radius 2 is 2.00 bits per heavy atom. The van der Waals surface area contributed by atoms with Gasteiger partial charge in [0.25, 0.3) is 0 Å². The third-order valence-corrected chi connectivity index (χ3v) is 4.29. The average molecular weight is 261 g/mol. The number of benzene rings is 1. The predicted octanol–water partition coefficient (Wildman–Crippen LogP) is 2.50. The number of nitrogens with one attached hydrogen (secondary N) is 1. The molecule has 19 heavy (non-hydrogen) atoms. The van der Waals surface area contributed by atoms with Gasteiger partial charge in [0.15, 0.2) is 0 Å². The molecule has 1 aromatic carbocycles. The molecule has 1 N–H and O–H groups in total. The van der Waals surface area contributed by atoms with Gasteiger partial charge in [0.1, 0.15) is 0 Å². The quantitative estimate of drug-likeness (QED) is 0.907. The van der Waals surface area contributed by atoms with Gasteiger partial charge in [-0.2, -0.15) is 0 Å². The number of piperidine rings is 1. The zero-order valence-corrected chi connectivity index (χ0v) is 11.4. The fraction of sp³-hybridized carbons (Fsp3) is 0.625. The minimum Gasteiger partial charge on any atom is -0.375 e. The second kappa shape index (κ2) is 6.04. The van der Waals surface area contributed by atoms with Crippen LogP contribution in [0.2, 0.25) is 0 Å². The maximum atomic E-state index is 6.10. The molecule has 3 rings (SSSR count). The summed E-state index contributed by atoms with van der Waals surface area (Å²) < 4.78 is 12.2. The van der Waals surface area contributed by atoms with Crippen LogP contribution in [0.25, 0.3) is 0 Å². The molecule has 0 bridgehead atoms. The summed E-state index contributed by atoms with van der Waals surface area (Å²) in [6, 6.07) is 10.4. The highest BCUT2D eigenvalue weighted by molar-refractivity contribution is 5.13. The molecule has 2 aliphatic rings. The van der Waals surface area contributed by atoms with Gasteiger partial charge in [-0.15, -0.1) is 0 Å². The van der Waals surface area contributed by atoms with Gasteiger partial charge in [-0.25, -0.2) is 0 Å². The summed E-state index contributed by atoms with van der Waals surface area (Å²) >= 11 is 0. The van der Waals surface area contributed by atoms with Crippen molar-refractivity contribution < 1.29 is 9.47 Å². The minimum atomic E-state index is 0.0881. The molecule has 1 aromatic rings. The SMILES string of the molecule is c1ccc(CO[C@@H]2CCOC3(CCNCC3)C2)cc1. The molecular formula is C16H23NO2. The van der Waals surface area contributed by atoms with Gasteiger partial charge in [0.05, 0.1) is 18.3 Å². The van der Waals surface area contributed by atoms with E-state index in [1.54, 1.807) is 0 Å². The second-order valence-corrected chi connectivity index (χ2v) is 5.69. The Hall–Kier alpha value is -0.900. The molecule has 0 aliphatic carbocycles. The fourth-order valence-corrected chi connectivity index (χ4v) is 3.14. The van der Waals surface area contributed by atoms with Gasteiger partial charge in [0.2, 0.25) is 0 Å². The normalized spacial score (nSPS) is 26.4. The standard InChI is InChI=1S/C16H23NO2/c1-2-4-14(5-3-1)13-18-15-6-11-19-16(12-15)7-9-17-10-8-16/h1-5,15,17H,6-13H2/t15-/m1/s1. The van der Waals surface area contributed by atoms with Crippen molar-refractivity contribution in [3.63, 3.8) is 0 Å². The van der Waals surface area contributed by atoms with Crippen LogP contribution < -0.4 is 5.32 Å². The number of hydrogen-bond donors (Lipinski definition) is 1. The van der Waals surface area contributed by atoms with Gasteiger partial charge < -0.3 is 14.8 Å². The lowest BCUT2D eigenvalue weighted by atomic mass is 9.84. The number of hydrogen-bond acceptors (Lipinski definition) is 3. The van der Waals surface area contributed by atoms with Crippen molar-refractivity contribution in [3.8, 4) is 0 Å². The van der Waals surface area contributed by atoms with Crippen LogP contribution in [0, 0.1) is 0 Å². The van der Waals surface area contributed by atoms with E-state index in [1.165, 1.54) is 5.56 Å². The number of rotatable bonds is 3. The lowest BCUT2D eigenvalue weighted by molar-refractivity contribution is -0.148. The summed E-state index contributed by atoms with van der Waals surface area (Å²) in [5, 5.41) is 3.41. The summed E-state index contributed by atoms with van der Waals surface area (Å²) in [7, 11) is 0. The topological polar surface area (TPSA) is 30.5 Å². The molecule has 3 nitrogen and oxygen atoms in total. The third-order valence-electron chi connectivity index (χ3n) is 4.29. The summed E-state index contributed by atoms with van der Waals surface area (Å²) in [5.74, 6) is 0. The number of ether oxygens (including phenoxy) is 2. The smallest absolute Gasteiger partial charge is 0.0731 e. The molecule has 0 aromatic heterocycles. The largest absolute Gasteiger partial charge is 0.375 e. The molecule has 0 amide bonds. The van der Waals surface area contributed by atoms with E-state index in [9.17, 15) is 0 Å². The van der Waals surface area contributed by atoms with Crippen LogP contribution in [0.5, 0.6) is 0 Å².